The highest BCUT2D eigenvalue weighted by Crippen LogP contribution is 1.92. The van der Waals surface area contributed by atoms with Crippen LogP contribution in [0.1, 0.15) is 5.69 Å². The van der Waals surface area contributed by atoms with Crippen LogP contribution in [0.25, 0.3) is 6.08 Å². The summed E-state index contributed by atoms with van der Waals surface area (Å²) >= 11 is 0. The number of rotatable bonds is 10. The average Bonchev–Trinajstić information content (AvgIpc) is 2.73. The van der Waals surface area contributed by atoms with Gasteiger partial charge in [-0.05, 0) is 6.08 Å². The first-order valence-electron chi connectivity index (χ1n) is 5.98. The van der Waals surface area contributed by atoms with Gasteiger partial charge in [0.1, 0.15) is 13.6 Å². The van der Waals surface area contributed by atoms with Gasteiger partial charge >= 0.3 is 0 Å². The van der Waals surface area contributed by atoms with Gasteiger partial charge in [0.05, 0.1) is 38.2 Å². The monoisotopic (exact) mass is 256 g/mol. The molecular formula is C12H22N3O3+. The van der Waals surface area contributed by atoms with E-state index in [0.29, 0.717) is 33.0 Å². The topological polar surface area (TPSA) is 49.4 Å². The molecule has 1 rings (SSSR count). The van der Waals surface area contributed by atoms with E-state index < -0.39 is 0 Å². The molecule has 0 unspecified atom stereocenters. The van der Waals surface area contributed by atoms with Gasteiger partial charge in [0.25, 0.3) is 0 Å². The van der Waals surface area contributed by atoms with E-state index in [9.17, 15) is 0 Å². The smallest absolute Gasteiger partial charge is 0.189 e. The van der Waals surface area contributed by atoms with Crippen molar-refractivity contribution in [3.63, 3.8) is 0 Å². The first kappa shape index (κ1) is 14.8. The molecule has 0 N–H and O–H groups in total. The first-order valence-corrected chi connectivity index (χ1v) is 5.98. The van der Waals surface area contributed by atoms with E-state index in [1.807, 2.05) is 17.9 Å². The van der Waals surface area contributed by atoms with Crippen molar-refractivity contribution in [2.24, 2.45) is 7.05 Å². The van der Waals surface area contributed by atoms with Gasteiger partial charge in [-0.3, -0.25) is 0 Å². The quantitative estimate of drug-likeness (QED) is 0.438. The maximum absolute atomic E-state index is 5.44. The minimum Gasteiger partial charge on any atom is -0.382 e. The summed E-state index contributed by atoms with van der Waals surface area (Å²) in [5.41, 5.74) is 0.984. The largest absolute Gasteiger partial charge is 0.382 e. The lowest BCUT2D eigenvalue weighted by Crippen LogP contribution is -2.38. The van der Waals surface area contributed by atoms with Crippen LogP contribution in [0.2, 0.25) is 0 Å². The van der Waals surface area contributed by atoms with E-state index in [1.165, 1.54) is 0 Å². The van der Waals surface area contributed by atoms with Crippen molar-refractivity contribution in [1.29, 1.82) is 0 Å². The molecule has 6 nitrogen and oxygen atoms in total. The molecule has 6 heteroatoms. The van der Waals surface area contributed by atoms with Crippen molar-refractivity contribution in [1.82, 2.24) is 9.90 Å². The van der Waals surface area contributed by atoms with E-state index in [-0.39, 0.29) is 0 Å². The van der Waals surface area contributed by atoms with Crippen molar-refractivity contribution in [3.05, 3.63) is 18.5 Å². The van der Waals surface area contributed by atoms with Gasteiger partial charge in [-0.1, -0.05) is 6.58 Å². The van der Waals surface area contributed by atoms with Crippen LogP contribution < -0.4 is 4.68 Å². The molecule has 0 atom stereocenters. The third-order valence-corrected chi connectivity index (χ3v) is 2.38. The lowest BCUT2D eigenvalue weighted by atomic mass is 10.5. The Morgan fingerprint density at radius 2 is 1.94 bits per heavy atom. The maximum atomic E-state index is 5.44. The Kier molecular flexibility index (Phi) is 7.24. The second-order valence-electron chi connectivity index (χ2n) is 3.75. The van der Waals surface area contributed by atoms with Crippen molar-refractivity contribution in [3.8, 4) is 0 Å². The molecule has 102 valence electrons. The standard InChI is InChI=1S/C12H22N3O3/c1-4-12-11-15(13-14(12)2)5-6-17-9-10-18-8-7-16-3/h4,11H,1,5-10H2,2-3H3/q+1. The fourth-order valence-corrected chi connectivity index (χ4v) is 1.40. The maximum Gasteiger partial charge on any atom is 0.189 e. The molecule has 0 aliphatic heterocycles. The Balaban J connectivity index is 2.05. The molecular weight excluding hydrogens is 234 g/mol. The van der Waals surface area contributed by atoms with Crippen LogP contribution in [0.5, 0.6) is 0 Å². The summed E-state index contributed by atoms with van der Waals surface area (Å²) in [6, 6.07) is 0. The van der Waals surface area contributed by atoms with E-state index in [0.717, 1.165) is 12.2 Å². The fourth-order valence-electron chi connectivity index (χ4n) is 1.40. The van der Waals surface area contributed by atoms with Crippen LogP contribution in [-0.4, -0.2) is 50.0 Å². The van der Waals surface area contributed by atoms with Crippen LogP contribution in [0.15, 0.2) is 12.8 Å². The molecule has 1 heterocycles. The van der Waals surface area contributed by atoms with Gasteiger partial charge < -0.3 is 14.2 Å². The molecule has 0 aromatic carbocycles. The number of hydrogen-bond donors (Lipinski definition) is 0. The number of nitrogens with zero attached hydrogens (tertiary/aromatic N) is 3. The average molecular weight is 256 g/mol. The van der Waals surface area contributed by atoms with Crippen molar-refractivity contribution in [2.75, 3.05) is 40.1 Å². The van der Waals surface area contributed by atoms with Crippen LogP contribution in [-0.2, 0) is 27.8 Å². The Labute approximate surface area is 108 Å². The van der Waals surface area contributed by atoms with Crippen LogP contribution >= 0.6 is 0 Å². The molecule has 0 fully saturated rings. The summed E-state index contributed by atoms with van der Waals surface area (Å²) in [6.45, 7) is 7.47. The molecule has 0 saturated carbocycles. The SMILES string of the molecule is C=Cc1c[n+](CCOCCOCCOC)nn1C. The molecule has 0 spiro atoms. The lowest BCUT2D eigenvalue weighted by molar-refractivity contribution is -0.756. The van der Waals surface area contributed by atoms with Gasteiger partial charge in [-0.15, -0.1) is 9.36 Å². The predicted molar refractivity (Wildman–Crippen MR) is 67.0 cm³/mol. The second-order valence-corrected chi connectivity index (χ2v) is 3.75. The van der Waals surface area contributed by atoms with Crippen LogP contribution in [0.4, 0.5) is 0 Å². The van der Waals surface area contributed by atoms with Crippen molar-refractivity contribution >= 4 is 6.08 Å². The summed E-state index contributed by atoms with van der Waals surface area (Å²) in [5, 5.41) is 4.27. The van der Waals surface area contributed by atoms with Gasteiger partial charge in [0.2, 0.25) is 0 Å². The van der Waals surface area contributed by atoms with Crippen LogP contribution in [0, 0.1) is 0 Å². The number of aromatic nitrogens is 3. The molecule has 0 aliphatic carbocycles. The van der Waals surface area contributed by atoms with Gasteiger partial charge in [0, 0.05) is 7.11 Å². The van der Waals surface area contributed by atoms with Gasteiger partial charge in [-0.2, -0.15) is 0 Å². The van der Waals surface area contributed by atoms with E-state index in [1.54, 1.807) is 17.9 Å². The molecule has 0 saturated heterocycles. The normalized spacial score (nSPS) is 10.8. The number of ether oxygens (including phenoxy) is 3. The summed E-state index contributed by atoms with van der Waals surface area (Å²) in [7, 11) is 3.54. The number of aryl methyl sites for hydroxylation is 1. The Bertz CT molecular complexity index is 352. The number of methoxy groups -OCH3 is 1. The Morgan fingerprint density at radius 1 is 1.28 bits per heavy atom. The molecule has 1 aromatic heterocycles. The highest BCUT2D eigenvalue weighted by molar-refractivity contribution is 5.38. The van der Waals surface area contributed by atoms with Gasteiger partial charge in [-0.25, -0.2) is 0 Å². The number of hydrogen-bond acceptors (Lipinski definition) is 4. The molecule has 18 heavy (non-hydrogen) atoms. The molecule has 0 aliphatic rings. The Hall–Kier alpha value is -1.24. The second kappa shape index (κ2) is 8.79. The molecule has 0 amide bonds. The van der Waals surface area contributed by atoms with E-state index in [4.69, 9.17) is 14.2 Å². The zero-order chi connectivity index (χ0) is 13.2. The van der Waals surface area contributed by atoms with Gasteiger partial charge in [0.15, 0.2) is 11.9 Å². The first-order chi connectivity index (χ1) is 8.77. The zero-order valence-corrected chi connectivity index (χ0v) is 11.2. The zero-order valence-electron chi connectivity index (χ0n) is 11.2. The predicted octanol–water partition coefficient (Wildman–Crippen LogP) is 0.0302. The fraction of sp³-hybridized carbons (Fsp3) is 0.667. The molecule has 0 bridgehead atoms. The molecule has 1 aromatic rings. The lowest BCUT2D eigenvalue weighted by Gasteiger charge is -2.03. The van der Waals surface area contributed by atoms with Crippen molar-refractivity contribution in [2.45, 2.75) is 6.54 Å². The third kappa shape index (κ3) is 5.39. The Morgan fingerprint density at radius 3 is 2.56 bits per heavy atom. The third-order valence-electron chi connectivity index (χ3n) is 2.38. The minimum absolute atomic E-state index is 0.589. The highest BCUT2D eigenvalue weighted by Gasteiger charge is 2.08. The van der Waals surface area contributed by atoms with E-state index >= 15 is 0 Å². The van der Waals surface area contributed by atoms with Crippen molar-refractivity contribution < 1.29 is 18.9 Å². The molecule has 0 radical (unpaired) electrons. The minimum atomic E-state index is 0.589. The van der Waals surface area contributed by atoms with E-state index in [2.05, 4.69) is 11.8 Å². The highest BCUT2D eigenvalue weighted by atomic mass is 16.5. The summed E-state index contributed by atoms with van der Waals surface area (Å²) in [6.07, 6.45) is 3.71. The summed E-state index contributed by atoms with van der Waals surface area (Å²) < 4.78 is 19.2. The summed E-state index contributed by atoms with van der Waals surface area (Å²) in [4.78, 5) is 0. The van der Waals surface area contributed by atoms with Crippen LogP contribution in [0.3, 0.4) is 0 Å². The summed E-state index contributed by atoms with van der Waals surface area (Å²) in [5.74, 6) is 0.